The molecule has 2 heterocycles. The smallest absolute Gasteiger partial charge is 0.184 e. The Balaban J connectivity index is 1.91. The second-order valence-corrected chi connectivity index (χ2v) is 7.07. The molecule has 0 radical (unpaired) electrons. The van der Waals surface area contributed by atoms with Crippen LogP contribution in [-0.2, 0) is 13.0 Å². The quantitative estimate of drug-likeness (QED) is 0.650. The van der Waals surface area contributed by atoms with Gasteiger partial charge in [-0.05, 0) is 45.0 Å². The van der Waals surface area contributed by atoms with Crippen molar-refractivity contribution in [3.05, 3.63) is 70.3 Å². The van der Waals surface area contributed by atoms with Crippen molar-refractivity contribution in [2.24, 2.45) is 0 Å². The number of hydrogen-bond acceptors (Lipinski definition) is 3. The number of Topliss-reactive ketones (excluding diaryl/α,β-unsaturated/α-hetero) is 1. The molecule has 27 heavy (non-hydrogen) atoms. The van der Waals surface area contributed by atoms with Gasteiger partial charge < -0.3 is 14.2 Å². The van der Waals surface area contributed by atoms with Crippen molar-refractivity contribution in [3.63, 3.8) is 0 Å². The minimum Gasteiger partial charge on any atom is -0.393 e. The van der Waals surface area contributed by atoms with Crippen LogP contribution in [-0.4, -0.2) is 31.1 Å². The SMILES string of the molecule is Cc1cc(C(=O)Cn2ccnc2CC(C)O)c(C)n1-c1ccc(F)c(Cl)c1. The fraction of sp³-hybridized carbons (Fsp3) is 0.300. The van der Waals surface area contributed by atoms with Gasteiger partial charge in [0, 0.05) is 41.5 Å². The average molecular weight is 390 g/mol. The van der Waals surface area contributed by atoms with E-state index in [1.807, 2.05) is 24.5 Å². The van der Waals surface area contributed by atoms with Gasteiger partial charge in [0.25, 0.3) is 0 Å². The lowest BCUT2D eigenvalue weighted by molar-refractivity contribution is 0.0968. The average Bonchev–Trinajstić information content (AvgIpc) is 3.14. The Bertz CT molecular complexity index is 991. The van der Waals surface area contributed by atoms with Gasteiger partial charge in [0.1, 0.15) is 11.6 Å². The van der Waals surface area contributed by atoms with E-state index >= 15 is 0 Å². The summed E-state index contributed by atoms with van der Waals surface area (Å²) in [6, 6.07) is 6.31. The molecule has 0 spiro atoms. The van der Waals surface area contributed by atoms with Crippen LogP contribution in [0, 0.1) is 19.7 Å². The maximum absolute atomic E-state index is 13.5. The standard InChI is InChI=1S/C20H21ClFN3O2/c1-12-8-16(14(3)25(12)15-4-5-18(22)17(21)10-15)19(27)11-24-7-6-23-20(24)9-13(2)26/h4-8,10,13,26H,9,11H2,1-3H3. The number of hydrogen-bond donors (Lipinski definition) is 1. The zero-order chi connectivity index (χ0) is 19.7. The number of benzene rings is 1. The molecule has 1 aromatic carbocycles. The number of nitrogens with zero attached hydrogens (tertiary/aromatic N) is 3. The molecule has 0 bridgehead atoms. The molecule has 0 aliphatic heterocycles. The highest BCUT2D eigenvalue weighted by Crippen LogP contribution is 2.25. The minimum absolute atomic E-state index is 0.0362. The second-order valence-electron chi connectivity index (χ2n) is 6.67. The van der Waals surface area contributed by atoms with Gasteiger partial charge in [0.15, 0.2) is 5.78 Å². The molecule has 5 nitrogen and oxygen atoms in total. The van der Waals surface area contributed by atoms with E-state index < -0.39 is 11.9 Å². The summed E-state index contributed by atoms with van der Waals surface area (Å²) < 4.78 is 17.1. The van der Waals surface area contributed by atoms with Crippen LogP contribution in [0.15, 0.2) is 36.7 Å². The molecule has 142 valence electrons. The van der Waals surface area contributed by atoms with Gasteiger partial charge in [-0.3, -0.25) is 4.79 Å². The van der Waals surface area contributed by atoms with E-state index in [1.54, 1.807) is 36.0 Å². The van der Waals surface area contributed by atoms with E-state index in [1.165, 1.54) is 6.07 Å². The van der Waals surface area contributed by atoms with Gasteiger partial charge in [0.05, 0.1) is 17.7 Å². The van der Waals surface area contributed by atoms with Crippen molar-refractivity contribution < 1.29 is 14.3 Å². The van der Waals surface area contributed by atoms with Crippen LogP contribution in [0.3, 0.4) is 0 Å². The highest BCUT2D eigenvalue weighted by molar-refractivity contribution is 6.30. The van der Waals surface area contributed by atoms with Gasteiger partial charge in [0.2, 0.25) is 0 Å². The summed E-state index contributed by atoms with van der Waals surface area (Å²) in [5, 5.41) is 9.61. The first kappa shape index (κ1) is 19.3. The second kappa shape index (κ2) is 7.66. The molecule has 1 N–H and O–H groups in total. The van der Waals surface area contributed by atoms with Crippen molar-refractivity contribution in [2.45, 2.75) is 39.8 Å². The molecule has 0 fully saturated rings. The molecule has 1 unspecified atom stereocenters. The fourth-order valence-corrected chi connectivity index (χ4v) is 3.42. The van der Waals surface area contributed by atoms with E-state index in [9.17, 15) is 14.3 Å². The lowest BCUT2D eigenvalue weighted by Gasteiger charge is -2.11. The Kier molecular flexibility index (Phi) is 5.48. The normalized spacial score (nSPS) is 12.4. The molecule has 0 aliphatic rings. The number of halogens is 2. The highest BCUT2D eigenvalue weighted by Gasteiger charge is 2.19. The van der Waals surface area contributed by atoms with Crippen LogP contribution in [0.4, 0.5) is 4.39 Å². The van der Waals surface area contributed by atoms with Crippen LogP contribution in [0.2, 0.25) is 5.02 Å². The molecule has 3 rings (SSSR count). The Morgan fingerprint density at radius 2 is 2.07 bits per heavy atom. The first-order chi connectivity index (χ1) is 12.8. The Morgan fingerprint density at radius 3 is 2.74 bits per heavy atom. The number of ketones is 1. The molecule has 0 amide bonds. The molecule has 3 aromatic rings. The molecular weight excluding hydrogens is 369 g/mol. The van der Waals surface area contributed by atoms with Crippen molar-refractivity contribution in [2.75, 3.05) is 0 Å². The van der Waals surface area contributed by atoms with Gasteiger partial charge in [-0.15, -0.1) is 0 Å². The van der Waals surface area contributed by atoms with Crippen LogP contribution < -0.4 is 0 Å². The van der Waals surface area contributed by atoms with Crippen LogP contribution in [0.1, 0.15) is 34.5 Å². The summed E-state index contributed by atoms with van der Waals surface area (Å²) in [6.07, 6.45) is 3.20. The first-order valence-corrected chi connectivity index (χ1v) is 9.01. The van der Waals surface area contributed by atoms with Crippen molar-refractivity contribution in [3.8, 4) is 5.69 Å². The van der Waals surface area contributed by atoms with Crippen molar-refractivity contribution in [1.29, 1.82) is 0 Å². The number of carbonyl (C=O) groups excluding carboxylic acids is 1. The minimum atomic E-state index is -0.533. The van der Waals surface area contributed by atoms with Crippen molar-refractivity contribution >= 4 is 17.4 Å². The predicted octanol–water partition coefficient (Wildman–Crippen LogP) is 3.89. The molecule has 1 atom stereocenters. The highest BCUT2D eigenvalue weighted by atomic mass is 35.5. The summed E-state index contributed by atoms with van der Waals surface area (Å²) in [4.78, 5) is 17.1. The molecule has 0 saturated carbocycles. The van der Waals surface area contributed by atoms with E-state index in [0.29, 0.717) is 23.5 Å². The number of aromatic nitrogens is 3. The number of carbonyl (C=O) groups is 1. The Labute approximate surface area is 162 Å². The number of aryl methyl sites for hydroxylation is 1. The first-order valence-electron chi connectivity index (χ1n) is 8.63. The third-order valence-corrected chi connectivity index (χ3v) is 4.78. The monoisotopic (exact) mass is 389 g/mol. The molecule has 2 aromatic heterocycles. The third kappa shape index (κ3) is 3.96. The van der Waals surface area contributed by atoms with Gasteiger partial charge in [-0.2, -0.15) is 0 Å². The number of imidazole rings is 1. The maximum Gasteiger partial charge on any atom is 0.184 e. The van der Waals surface area contributed by atoms with E-state index in [2.05, 4.69) is 4.98 Å². The maximum atomic E-state index is 13.5. The number of rotatable bonds is 6. The molecule has 0 aliphatic carbocycles. The zero-order valence-electron chi connectivity index (χ0n) is 15.4. The Morgan fingerprint density at radius 1 is 1.33 bits per heavy atom. The fourth-order valence-electron chi connectivity index (χ4n) is 3.24. The van der Waals surface area contributed by atoms with Crippen LogP contribution in [0.25, 0.3) is 5.69 Å². The van der Waals surface area contributed by atoms with Crippen molar-refractivity contribution in [1.82, 2.24) is 14.1 Å². The number of aliphatic hydroxyl groups excluding tert-OH is 1. The summed E-state index contributed by atoms with van der Waals surface area (Å²) in [5.74, 6) is 0.120. The largest absolute Gasteiger partial charge is 0.393 e. The molecule has 7 heteroatoms. The Hall–Kier alpha value is -2.44. The third-order valence-electron chi connectivity index (χ3n) is 4.49. The summed E-state index contributed by atoms with van der Waals surface area (Å²) in [5.41, 5.74) is 2.91. The predicted molar refractivity (Wildman–Crippen MR) is 102 cm³/mol. The van der Waals surface area contributed by atoms with Gasteiger partial charge >= 0.3 is 0 Å². The van der Waals surface area contributed by atoms with Gasteiger partial charge in [-0.1, -0.05) is 11.6 Å². The topological polar surface area (TPSA) is 60.1 Å². The zero-order valence-corrected chi connectivity index (χ0v) is 16.2. The molecular formula is C20H21ClFN3O2. The van der Waals surface area contributed by atoms with Crippen LogP contribution in [0.5, 0.6) is 0 Å². The van der Waals surface area contributed by atoms with Crippen LogP contribution >= 0.6 is 11.6 Å². The summed E-state index contributed by atoms with van der Waals surface area (Å²) in [7, 11) is 0. The summed E-state index contributed by atoms with van der Waals surface area (Å²) in [6.45, 7) is 5.55. The summed E-state index contributed by atoms with van der Waals surface area (Å²) >= 11 is 5.91. The lowest BCUT2D eigenvalue weighted by atomic mass is 10.1. The van der Waals surface area contributed by atoms with E-state index in [0.717, 1.165) is 11.4 Å². The molecule has 0 saturated heterocycles. The number of aliphatic hydroxyl groups is 1. The lowest BCUT2D eigenvalue weighted by Crippen LogP contribution is -2.16. The van der Waals surface area contributed by atoms with E-state index in [-0.39, 0.29) is 17.4 Å². The van der Waals surface area contributed by atoms with E-state index in [4.69, 9.17) is 11.6 Å². The van der Waals surface area contributed by atoms with Gasteiger partial charge in [-0.25, -0.2) is 9.37 Å².